The molecule has 1 N–H and O–H groups in total. The quantitative estimate of drug-likeness (QED) is 0.836. The number of amides is 2. The molecule has 0 spiro atoms. The van der Waals surface area contributed by atoms with Gasteiger partial charge < -0.3 is 10.2 Å². The lowest BCUT2D eigenvalue weighted by Gasteiger charge is -2.27. The molecular weight excluding hydrogens is 246 g/mol. The molecule has 1 aliphatic rings. The largest absolute Gasteiger partial charge is 0.330 e. The van der Waals surface area contributed by atoms with Crippen LogP contribution in [0.5, 0.6) is 0 Å². The molecule has 0 aromatic carbocycles. The van der Waals surface area contributed by atoms with Crippen LogP contribution in [0.1, 0.15) is 37.0 Å². The second-order valence-corrected chi connectivity index (χ2v) is 5.77. The summed E-state index contributed by atoms with van der Waals surface area (Å²) in [6, 6.07) is -0.0358. The summed E-state index contributed by atoms with van der Waals surface area (Å²) >= 11 is 1.61. The molecule has 18 heavy (non-hydrogen) atoms. The zero-order chi connectivity index (χ0) is 13.1. The molecule has 0 unspecified atom stereocenters. The van der Waals surface area contributed by atoms with Gasteiger partial charge in [0.15, 0.2) is 0 Å². The van der Waals surface area contributed by atoms with Crippen molar-refractivity contribution in [3.63, 3.8) is 0 Å². The number of carbonyl (C=O) groups is 1. The third-order valence-corrected chi connectivity index (χ3v) is 3.94. The van der Waals surface area contributed by atoms with Gasteiger partial charge in [-0.3, -0.25) is 0 Å². The Bertz CT molecular complexity index is 467. The fraction of sp³-hybridized carbons (Fsp3) is 0.538. The standard InChI is InChI=1S/C13H19N3OS/c1-9-4-6-16(7-5-9)13(17)14-10(2)12-8-18-11(3)15-12/h4,8,10H,5-7H2,1-3H3,(H,14,17)/t10-/m0/s1. The summed E-state index contributed by atoms with van der Waals surface area (Å²) in [6.45, 7) is 7.56. The lowest BCUT2D eigenvalue weighted by Crippen LogP contribution is -2.43. The number of nitrogens with one attached hydrogen (secondary N) is 1. The molecular formula is C13H19N3OS. The van der Waals surface area contributed by atoms with E-state index in [9.17, 15) is 4.79 Å². The highest BCUT2D eigenvalue weighted by atomic mass is 32.1. The first-order chi connectivity index (χ1) is 8.56. The van der Waals surface area contributed by atoms with Crippen molar-refractivity contribution in [2.45, 2.75) is 33.2 Å². The van der Waals surface area contributed by atoms with Crippen molar-refractivity contribution in [3.05, 3.63) is 27.7 Å². The third-order valence-electron chi connectivity index (χ3n) is 3.14. The Morgan fingerprint density at radius 3 is 2.89 bits per heavy atom. The summed E-state index contributed by atoms with van der Waals surface area (Å²) in [5.74, 6) is 0. The van der Waals surface area contributed by atoms with Crippen LogP contribution in [0.15, 0.2) is 17.0 Å². The second kappa shape index (κ2) is 5.52. The van der Waals surface area contributed by atoms with Gasteiger partial charge in [0, 0.05) is 18.5 Å². The van der Waals surface area contributed by atoms with Crippen LogP contribution >= 0.6 is 11.3 Å². The van der Waals surface area contributed by atoms with Crippen molar-refractivity contribution in [2.75, 3.05) is 13.1 Å². The smallest absolute Gasteiger partial charge is 0.318 e. The Hall–Kier alpha value is -1.36. The molecule has 1 aromatic rings. The van der Waals surface area contributed by atoms with Crippen LogP contribution < -0.4 is 5.32 Å². The lowest BCUT2D eigenvalue weighted by molar-refractivity contribution is 0.198. The molecule has 0 bridgehead atoms. The molecule has 5 heteroatoms. The number of aryl methyl sites for hydroxylation is 1. The van der Waals surface area contributed by atoms with Gasteiger partial charge in [0.1, 0.15) is 0 Å². The highest BCUT2D eigenvalue weighted by Gasteiger charge is 2.18. The van der Waals surface area contributed by atoms with Gasteiger partial charge in [-0.25, -0.2) is 9.78 Å². The van der Waals surface area contributed by atoms with E-state index in [0.717, 1.165) is 23.7 Å². The number of urea groups is 1. The Morgan fingerprint density at radius 2 is 2.33 bits per heavy atom. The van der Waals surface area contributed by atoms with E-state index in [0.29, 0.717) is 6.54 Å². The number of hydrogen-bond donors (Lipinski definition) is 1. The molecule has 0 aliphatic carbocycles. The minimum atomic E-state index is -0.0329. The van der Waals surface area contributed by atoms with Crippen molar-refractivity contribution in [3.8, 4) is 0 Å². The van der Waals surface area contributed by atoms with Crippen molar-refractivity contribution in [2.24, 2.45) is 0 Å². The Balaban J connectivity index is 1.91. The molecule has 1 aliphatic heterocycles. The van der Waals surface area contributed by atoms with Gasteiger partial charge in [0.25, 0.3) is 0 Å². The fourth-order valence-corrected chi connectivity index (χ4v) is 2.59. The van der Waals surface area contributed by atoms with Crippen LogP contribution in [0.3, 0.4) is 0 Å². The molecule has 0 saturated carbocycles. The SMILES string of the molecule is CC1=CCN(C(=O)N[C@@H](C)c2csc(C)n2)CC1. The van der Waals surface area contributed by atoms with E-state index >= 15 is 0 Å². The molecule has 2 heterocycles. The minimum Gasteiger partial charge on any atom is -0.330 e. The number of rotatable bonds is 2. The summed E-state index contributed by atoms with van der Waals surface area (Å²) in [5.41, 5.74) is 2.30. The van der Waals surface area contributed by atoms with Crippen LogP contribution in [0.2, 0.25) is 0 Å². The van der Waals surface area contributed by atoms with Crippen molar-refractivity contribution in [1.82, 2.24) is 15.2 Å². The number of nitrogens with zero attached hydrogens (tertiary/aromatic N) is 2. The maximum Gasteiger partial charge on any atom is 0.318 e. The van der Waals surface area contributed by atoms with Gasteiger partial charge in [0.2, 0.25) is 0 Å². The van der Waals surface area contributed by atoms with E-state index in [2.05, 4.69) is 23.3 Å². The van der Waals surface area contributed by atoms with Crippen LogP contribution in [0.4, 0.5) is 4.79 Å². The van der Waals surface area contributed by atoms with Crippen LogP contribution in [-0.2, 0) is 0 Å². The minimum absolute atomic E-state index is 0.00287. The first-order valence-electron chi connectivity index (χ1n) is 6.19. The molecule has 1 aromatic heterocycles. The van der Waals surface area contributed by atoms with Gasteiger partial charge >= 0.3 is 6.03 Å². The molecule has 0 saturated heterocycles. The van der Waals surface area contributed by atoms with Gasteiger partial charge in [-0.2, -0.15) is 0 Å². The van der Waals surface area contributed by atoms with E-state index in [-0.39, 0.29) is 12.1 Å². The van der Waals surface area contributed by atoms with Crippen LogP contribution in [-0.4, -0.2) is 29.0 Å². The Morgan fingerprint density at radius 1 is 1.56 bits per heavy atom. The van der Waals surface area contributed by atoms with Gasteiger partial charge in [-0.1, -0.05) is 11.6 Å². The summed E-state index contributed by atoms with van der Waals surface area (Å²) in [6.07, 6.45) is 3.08. The number of hydrogen-bond acceptors (Lipinski definition) is 3. The van der Waals surface area contributed by atoms with E-state index in [1.165, 1.54) is 5.57 Å². The van der Waals surface area contributed by atoms with Gasteiger partial charge in [-0.05, 0) is 27.2 Å². The van der Waals surface area contributed by atoms with Crippen molar-refractivity contribution in [1.29, 1.82) is 0 Å². The lowest BCUT2D eigenvalue weighted by atomic mass is 10.1. The highest BCUT2D eigenvalue weighted by molar-refractivity contribution is 7.09. The van der Waals surface area contributed by atoms with E-state index in [1.807, 2.05) is 24.1 Å². The first kappa shape index (κ1) is 13.1. The number of carbonyl (C=O) groups excluding carboxylic acids is 1. The first-order valence-corrected chi connectivity index (χ1v) is 7.07. The topological polar surface area (TPSA) is 45.2 Å². The molecule has 4 nitrogen and oxygen atoms in total. The molecule has 0 radical (unpaired) electrons. The maximum atomic E-state index is 12.1. The second-order valence-electron chi connectivity index (χ2n) is 4.71. The Kier molecular flexibility index (Phi) is 4.01. The average molecular weight is 265 g/mol. The highest BCUT2D eigenvalue weighted by Crippen LogP contribution is 2.16. The predicted molar refractivity (Wildman–Crippen MR) is 73.7 cm³/mol. The summed E-state index contributed by atoms with van der Waals surface area (Å²) in [7, 11) is 0. The molecule has 2 rings (SSSR count). The monoisotopic (exact) mass is 265 g/mol. The molecule has 0 fully saturated rings. The maximum absolute atomic E-state index is 12.1. The molecule has 2 amide bonds. The van der Waals surface area contributed by atoms with E-state index in [1.54, 1.807) is 11.3 Å². The fourth-order valence-electron chi connectivity index (χ4n) is 1.88. The van der Waals surface area contributed by atoms with Crippen molar-refractivity contribution >= 4 is 17.4 Å². The van der Waals surface area contributed by atoms with E-state index < -0.39 is 0 Å². The summed E-state index contributed by atoms with van der Waals surface area (Å²) in [5, 5.41) is 6.03. The molecule has 98 valence electrons. The summed E-state index contributed by atoms with van der Waals surface area (Å²) in [4.78, 5) is 18.3. The van der Waals surface area contributed by atoms with E-state index in [4.69, 9.17) is 0 Å². The normalized spacial score (nSPS) is 17.3. The zero-order valence-electron chi connectivity index (χ0n) is 11.1. The van der Waals surface area contributed by atoms with Gasteiger partial charge in [0.05, 0.1) is 16.7 Å². The number of thiazole rings is 1. The zero-order valence-corrected chi connectivity index (χ0v) is 11.9. The number of aromatic nitrogens is 1. The van der Waals surface area contributed by atoms with Crippen LogP contribution in [0.25, 0.3) is 0 Å². The van der Waals surface area contributed by atoms with Crippen LogP contribution in [0, 0.1) is 6.92 Å². The molecule has 1 atom stereocenters. The van der Waals surface area contributed by atoms with Gasteiger partial charge in [-0.15, -0.1) is 11.3 Å². The van der Waals surface area contributed by atoms with Crippen molar-refractivity contribution < 1.29 is 4.79 Å². The predicted octanol–water partition coefficient (Wildman–Crippen LogP) is 2.87. The average Bonchev–Trinajstić information content (AvgIpc) is 2.76. The third kappa shape index (κ3) is 3.10. The Labute approximate surface area is 112 Å². The summed E-state index contributed by atoms with van der Waals surface area (Å²) < 4.78 is 0.